The quantitative estimate of drug-likeness (QED) is 0.833. The van der Waals surface area contributed by atoms with Gasteiger partial charge in [-0.1, -0.05) is 0 Å². The topological polar surface area (TPSA) is 69.6 Å². The highest BCUT2D eigenvalue weighted by Crippen LogP contribution is 2.24. The number of aromatic carboxylic acids is 1. The van der Waals surface area contributed by atoms with E-state index in [-0.39, 0.29) is 24.1 Å². The molecule has 20 heavy (non-hydrogen) atoms. The number of carboxylic acids is 1. The monoisotopic (exact) mass is 342 g/mol. The summed E-state index contributed by atoms with van der Waals surface area (Å²) < 4.78 is 0.505. The van der Waals surface area contributed by atoms with Crippen LogP contribution < -0.4 is 10.2 Å². The number of carbonyl (C=O) groups is 2. The number of halogens is 1. The van der Waals surface area contributed by atoms with E-state index in [1.807, 2.05) is 25.7 Å². The zero-order chi connectivity index (χ0) is 15.3. The maximum absolute atomic E-state index is 11.8. The van der Waals surface area contributed by atoms with Crippen molar-refractivity contribution in [2.24, 2.45) is 0 Å². The third kappa shape index (κ3) is 4.52. The molecular weight excluding hydrogens is 324 g/mol. The number of carbonyl (C=O) groups excluding carboxylic acids is 1. The average Bonchev–Trinajstić information content (AvgIpc) is 2.34. The lowest BCUT2D eigenvalue weighted by Crippen LogP contribution is -2.40. The molecule has 0 saturated carbocycles. The molecule has 0 aliphatic heterocycles. The van der Waals surface area contributed by atoms with E-state index in [0.29, 0.717) is 11.0 Å². The number of hydrogen-bond donors (Lipinski definition) is 2. The molecule has 0 unspecified atom stereocenters. The highest BCUT2D eigenvalue weighted by Gasteiger charge is 2.14. The molecular formula is C14H19BrN2O3. The van der Waals surface area contributed by atoms with Crippen LogP contribution in [0.5, 0.6) is 0 Å². The minimum Gasteiger partial charge on any atom is -0.478 e. The summed E-state index contributed by atoms with van der Waals surface area (Å²) in [7, 11) is 0. The second kappa shape index (κ2) is 7.28. The Hall–Kier alpha value is -1.56. The third-order valence-electron chi connectivity index (χ3n) is 2.71. The number of benzene rings is 1. The van der Waals surface area contributed by atoms with Gasteiger partial charge in [0.05, 0.1) is 12.1 Å². The molecule has 1 aromatic rings. The molecule has 5 nitrogen and oxygen atoms in total. The van der Waals surface area contributed by atoms with E-state index < -0.39 is 5.97 Å². The fraction of sp³-hybridized carbons (Fsp3) is 0.429. The Morgan fingerprint density at radius 2 is 2.05 bits per heavy atom. The van der Waals surface area contributed by atoms with Crippen molar-refractivity contribution >= 4 is 33.5 Å². The van der Waals surface area contributed by atoms with Crippen molar-refractivity contribution in [3.05, 3.63) is 28.2 Å². The number of anilines is 1. The van der Waals surface area contributed by atoms with Gasteiger partial charge in [-0.05, 0) is 54.9 Å². The Kier molecular flexibility index (Phi) is 6.01. The lowest BCUT2D eigenvalue weighted by molar-refractivity contribution is -0.120. The van der Waals surface area contributed by atoms with E-state index in [1.54, 1.807) is 12.1 Å². The van der Waals surface area contributed by atoms with Crippen LogP contribution in [0, 0.1) is 0 Å². The first kappa shape index (κ1) is 16.5. The summed E-state index contributed by atoms with van der Waals surface area (Å²) in [5.41, 5.74) is 1.01. The summed E-state index contributed by atoms with van der Waals surface area (Å²) in [5, 5.41) is 11.8. The van der Waals surface area contributed by atoms with E-state index in [0.717, 1.165) is 5.69 Å². The summed E-state index contributed by atoms with van der Waals surface area (Å²) in [6, 6.07) is 5.06. The molecule has 0 saturated heterocycles. The number of nitrogens with one attached hydrogen (secondary N) is 1. The van der Waals surface area contributed by atoms with Crippen molar-refractivity contribution in [3.8, 4) is 0 Å². The first-order valence-electron chi connectivity index (χ1n) is 6.42. The Bertz CT molecular complexity index is 503. The van der Waals surface area contributed by atoms with E-state index in [2.05, 4.69) is 21.2 Å². The molecule has 1 amide bonds. The molecule has 1 aromatic carbocycles. The van der Waals surface area contributed by atoms with Crippen molar-refractivity contribution in [1.29, 1.82) is 0 Å². The van der Waals surface area contributed by atoms with Crippen LogP contribution in [0.25, 0.3) is 0 Å². The lowest BCUT2D eigenvalue weighted by Gasteiger charge is -2.23. The Balaban J connectivity index is 2.88. The molecule has 0 aromatic heterocycles. The van der Waals surface area contributed by atoms with Crippen LogP contribution in [0.2, 0.25) is 0 Å². The molecule has 0 atom stereocenters. The molecule has 0 heterocycles. The van der Waals surface area contributed by atoms with Crippen molar-refractivity contribution in [2.45, 2.75) is 26.8 Å². The molecule has 6 heteroatoms. The van der Waals surface area contributed by atoms with Gasteiger partial charge in [-0.25, -0.2) is 4.79 Å². The van der Waals surface area contributed by atoms with Gasteiger partial charge in [-0.3, -0.25) is 4.79 Å². The molecule has 1 rings (SSSR count). The Morgan fingerprint density at radius 3 is 2.50 bits per heavy atom. The minimum absolute atomic E-state index is 0.0553. The fourth-order valence-corrected chi connectivity index (χ4v) is 2.34. The van der Waals surface area contributed by atoms with Gasteiger partial charge in [-0.15, -0.1) is 0 Å². The summed E-state index contributed by atoms with van der Waals surface area (Å²) in [4.78, 5) is 24.6. The third-order valence-corrected chi connectivity index (χ3v) is 3.37. The minimum atomic E-state index is -0.982. The molecule has 0 aliphatic rings. The smallest absolute Gasteiger partial charge is 0.336 e. The molecule has 0 aliphatic carbocycles. The standard InChI is InChI=1S/C14H19BrN2O3/c1-4-17(8-13(18)16-9(2)3)10-5-6-11(14(19)20)12(15)7-10/h5-7,9H,4,8H2,1-3H3,(H,16,18)(H,19,20). The predicted octanol–water partition coefficient (Wildman–Crippen LogP) is 2.50. The van der Waals surface area contributed by atoms with Crippen LogP contribution in [0.15, 0.2) is 22.7 Å². The van der Waals surface area contributed by atoms with Gasteiger partial charge in [0.25, 0.3) is 0 Å². The summed E-state index contributed by atoms with van der Waals surface area (Å²) >= 11 is 3.24. The Morgan fingerprint density at radius 1 is 1.40 bits per heavy atom. The molecule has 2 N–H and O–H groups in total. The maximum Gasteiger partial charge on any atom is 0.336 e. The highest BCUT2D eigenvalue weighted by atomic mass is 79.9. The first-order valence-corrected chi connectivity index (χ1v) is 7.21. The van der Waals surface area contributed by atoms with Crippen molar-refractivity contribution in [2.75, 3.05) is 18.0 Å². The molecule has 0 radical (unpaired) electrons. The van der Waals surface area contributed by atoms with E-state index in [1.165, 1.54) is 6.07 Å². The van der Waals surface area contributed by atoms with Crippen LogP contribution in [0.3, 0.4) is 0 Å². The van der Waals surface area contributed by atoms with Crippen molar-refractivity contribution in [3.63, 3.8) is 0 Å². The van der Waals surface area contributed by atoms with Crippen molar-refractivity contribution in [1.82, 2.24) is 5.32 Å². The Labute approximate surface area is 127 Å². The van der Waals surface area contributed by atoms with Crippen LogP contribution in [0.1, 0.15) is 31.1 Å². The molecule has 110 valence electrons. The number of nitrogens with zero attached hydrogens (tertiary/aromatic N) is 1. The van der Waals surface area contributed by atoms with Gasteiger partial charge in [-0.2, -0.15) is 0 Å². The zero-order valence-electron chi connectivity index (χ0n) is 11.8. The van der Waals surface area contributed by atoms with Crippen LogP contribution in [-0.2, 0) is 4.79 Å². The fourth-order valence-electron chi connectivity index (χ4n) is 1.80. The zero-order valence-corrected chi connectivity index (χ0v) is 13.4. The number of amides is 1. The second-order valence-corrected chi connectivity index (χ2v) is 5.56. The summed E-state index contributed by atoms with van der Waals surface area (Å²) in [6.45, 7) is 6.67. The molecule has 0 bridgehead atoms. The lowest BCUT2D eigenvalue weighted by atomic mass is 10.2. The normalized spacial score (nSPS) is 10.4. The van der Waals surface area contributed by atoms with Crippen molar-refractivity contribution < 1.29 is 14.7 Å². The molecule has 0 spiro atoms. The highest BCUT2D eigenvalue weighted by molar-refractivity contribution is 9.10. The van der Waals surface area contributed by atoms with E-state index >= 15 is 0 Å². The molecule has 0 fully saturated rings. The van der Waals surface area contributed by atoms with Gasteiger partial charge >= 0.3 is 5.97 Å². The van der Waals surface area contributed by atoms with Gasteiger partial charge in [0, 0.05) is 22.7 Å². The van der Waals surface area contributed by atoms with Gasteiger partial charge in [0.2, 0.25) is 5.91 Å². The van der Waals surface area contributed by atoms with Gasteiger partial charge in [0.1, 0.15) is 0 Å². The summed E-state index contributed by atoms with van der Waals surface area (Å²) in [5.74, 6) is -1.04. The first-order chi connectivity index (χ1) is 9.35. The number of rotatable bonds is 6. The van der Waals surface area contributed by atoms with E-state index in [4.69, 9.17) is 5.11 Å². The number of likely N-dealkylation sites (N-methyl/N-ethyl adjacent to an activating group) is 1. The number of carboxylic acid groups (broad SMARTS) is 1. The van der Waals surface area contributed by atoms with Crippen LogP contribution in [0.4, 0.5) is 5.69 Å². The van der Waals surface area contributed by atoms with E-state index in [9.17, 15) is 9.59 Å². The van der Waals surface area contributed by atoms with Gasteiger partial charge in [0.15, 0.2) is 0 Å². The number of hydrogen-bond acceptors (Lipinski definition) is 3. The summed E-state index contributed by atoms with van der Waals surface area (Å²) in [6.07, 6.45) is 0. The average molecular weight is 343 g/mol. The maximum atomic E-state index is 11.8. The SMILES string of the molecule is CCN(CC(=O)NC(C)C)c1ccc(C(=O)O)c(Br)c1. The largest absolute Gasteiger partial charge is 0.478 e. The van der Waals surface area contributed by atoms with Gasteiger partial charge < -0.3 is 15.3 Å². The second-order valence-electron chi connectivity index (χ2n) is 4.71. The predicted molar refractivity (Wildman–Crippen MR) is 82.3 cm³/mol. The van der Waals surface area contributed by atoms with Crippen LogP contribution in [-0.4, -0.2) is 36.1 Å². The van der Waals surface area contributed by atoms with Crippen LogP contribution >= 0.6 is 15.9 Å².